The summed E-state index contributed by atoms with van der Waals surface area (Å²) in [6.07, 6.45) is 1.96. The number of hydrogen-bond donors (Lipinski definition) is 4. The molecular formula is C21H23N3O4. The Morgan fingerprint density at radius 3 is 2.79 bits per heavy atom. The van der Waals surface area contributed by atoms with Gasteiger partial charge in [-0.2, -0.15) is 0 Å². The van der Waals surface area contributed by atoms with Crippen LogP contribution >= 0.6 is 0 Å². The van der Waals surface area contributed by atoms with Gasteiger partial charge in [0.25, 0.3) is 0 Å². The smallest absolute Gasteiger partial charge is 0.326 e. The van der Waals surface area contributed by atoms with Gasteiger partial charge in [0, 0.05) is 23.5 Å². The fraction of sp³-hybridized carbons (Fsp3) is 0.238. The summed E-state index contributed by atoms with van der Waals surface area (Å²) in [5.74, 6) is -0.360. The molecular weight excluding hydrogens is 358 g/mol. The van der Waals surface area contributed by atoms with Crippen LogP contribution in [0.25, 0.3) is 10.9 Å². The molecule has 0 saturated heterocycles. The number of rotatable bonds is 8. The number of H-pyrrole nitrogens is 1. The summed E-state index contributed by atoms with van der Waals surface area (Å²) in [5, 5.41) is 15.5. The van der Waals surface area contributed by atoms with E-state index in [1.807, 2.05) is 55.5 Å². The molecule has 7 heteroatoms. The summed E-state index contributed by atoms with van der Waals surface area (Å²) in [6.45, 7) is 2.52. The van der Waals surface area contributed by atoms with E-state index in [1.165, 1.54) is 0 Å². The number of aliphatic carboxylic acids is 1. The van der Waals surface area contributed by atoms with Crippen molar-refractivity contribution in [2.24, 2.45) is 0 Å². The van der Waals surface area contributed by atoms with Crippen LogP contribution in [-0.2, 0) is 11.2 Å². The van der Waals surface area contributed by atoms with Crippen molar-refractivity contribution in [3.8, 4) is 5.75 Å². The normalized spacial score (nSPS) is 11.8. The number of aromatic amines is 1. The van der Waals surface area contributed by atoms with Crippen LogP contribution in [0, 0.1) is 6.92 Å². The lowest BCUT2D eigenvalue weighted by Gasteiger charge is -2.15. The SMILES string of the molecule is Cc1cccc(OCCNC(=O)N[C@H](Cc2c[nH]c3ccccc23)C(=O)O)c1. The van der Waals surface area contributed by atoms with Crippen LogP contribution in [0.2, 0.25) is 0 Å². The standard InChI is InChI=1S/C21H23N3O4/c1-14-5-4-6-16(11-14)28-10-9-22-21(27)24-19(20(25)26)12-15-13-23-18-8-3-2-7-17(15)18/h2-8,11,13,19,23H,9-10,12H2,1H3,(H,25,26)(H2,22,24,27)/t19-/m1/s1. The van der Waals surface area contributed by atoms with Gasteiger partial charge in [-0.3, -0.25) is 0 Å². The molecule has 1 heterocycles. The minimum Gasteiger partial charge on any atom is -0.492 e. The number of benzene rings is 2. The number of nitrogens with one attached hydrogen (secondary N) is 3. The van der Waals surface area contributed by atoms with Gasteiger partial charge in [0.05, 0.1) is 6.54 Å². The molecule has 0 fully saturated rings. The Balaban J connectivity index is 1.49. The number of aromatic nitrogens is 1. The number of ether oxygens (including phenoxy) is 1. The Labute approximate surface area is 162 Å². The molecule has 1 atom stereocenters. The van der Waals surface area contributed by atoms with Crippen molar-refractivity contribution in [1.29, 1.82) is 0 Å². The zero-order valence-electron chi connectivity index (χ0n) is 15.6. The molecule has 0 aliphatic carbocycles. The number of para-hydroxylation sites is 1. The monoisotopic (exact) mass is 381 g/mol. The van der Waals surface area contributed by atoms with E-state index in [4.69, 9.17) is 4.74 Å². The van der Waals surface area contributed by atoms with Crippen LogP contribution in [0.1, 0.15) is 11.1 Å². The van der Waals surface area contributed by atoms with Gasteiger partial charge in [-0.05, 0) is 36.2 Å². The van der Waals surface area contributed by atoms with Crippen molar-refractivity contribution in [2.45, 2.75) is 19.4 Å². The number of fused-ring (bicyclic) bond motifs is 1. The van der Waals surface area contributed by atoms with Gasteiger partial charge in [0.1, 0.15) is 18.4 Å². The van der Waals surface area contributed by atoms with Gasteiger partial charge in [-0.25, -0.2) is 9.59 Å². The summed E-state index contributed by atoms with van der Waals surface area (Å²) in [6, 6.07) is 13.7. The van der Waals surface area contributed by atoms with Gasteiger partial charge in [-0.1, -0.05) is 30.3 Å². The van der Waals surface area contributed by atoms with Crippen LogP contribution in [0.15, 0.2) is 54.7 Å². The highest BCUT2D eigenvalue weighted by Gasteiger charge is 2.21. The molecule has 0 bridgehead atoms. The molecule has 2 amide bonds. The van der Waals surface area contributed by atoms with E-state index in [0.29, 0.717) is 0 Å². The first-order chi connectivity index (χ1) is 13.5. The van der Waals surface area contributed by atoms with E-state index in [1.54, 1.807) is 6.20 Å². The van der Waals surface area contributed by atoms with E-state index in [-0.39, 0.29) is 19.6 Å². The minimum absolute atomic E-state index is 0.187. The zero-order valence-corrected chi connectivity index (χ0v) is 15.6. The lowest BCUT2D eigenvalue weighted by molar-refractivity contribution is -0.139. The molecule has 0 aliphatic rings. The Bertz CT molecular complexity index is 967. The third-order valence-corrected chi connectivity index (χ3v) is 4.35. The van der Waals surface area contributed by atoms with Crippen molar-refractivity contribution >= 4 is 22.9 Å². The highest BCUT2D eigenvalue weighted by atomic mass is 16.5. The Hall–Kier alpha value is -3.48. The van der Waals surface area contributed by atoms with Crippen molar-refractivity contribution in [3.05, 3.63) is 65.9 Å². The summed E-state index contributed by atoms with van der Waals surface area (Å²) in [7, 11) is 0. The molecule has 0 unspecified atom stereocenters. The third kappa shape index (κ3) is 5.03. The molecule has 3 rings (SSSR count). The maximum Gasteiger partial charge on any atom is 0.326 e. The fourth-order valence-corrected chi connectivity index (χ4v) is 2.97. The van der Waals surface area contributed by atoms with E-state index < -0.39 is 18.0 Å². The Kier molecular flexibility index (Phi) is 6.16. The number of hydrogen-bond acceptors (Lipinski definition) is 3. The second-order valence-corrected chi connectivity index (χ2v) is 6.52. The molecule has 146 valence electrons. The number of carboxylic acid groups (broad SMARTS) is 1. The first-order valence-corrected chi connectivity index (χ1v) is 9.04. The largest absolute Gasteiger partial charge is 0.492 e. The van der Waals surface area contributed by atoms with E-state index in [9.17, 15) is 14.7 Å². The van der Waals surface area contributed by atoms with E-state index in [2.05, 4.69) is 15.6 Å². The van der Waals surface area contributed by atoms with Gasteiger partial charge in [0.2, 0.25) is 0 Å². The maximum absolute atomic E-state index is 12.1. The summed E-state index contributed by atoms with van der Waals surface area (Å²) in [5.41, 5.74) is 2.86. The first kappa shape index (κ1) is 19.3. The number of urea groups is 1. The molecule has 28 heavy (non-hydrogen) atoms. The van der Waals surface area contributed by atoms with Crippen LogP contribution < -0.4 is 15.4 Å². The van der Waals surface area contributed by atoms with Crippen LogP contribution in [-0.4, -0.2) is 41.3 Å². The van der Waals surface area contributed by atoms with Crippen molar-refractivity contribution in [1.82, 2.24) is 15.6 Å². The number of amides is 2. The number of aryl methyl sites for hydroxylation is 1. The average Bonchev–Trinajstić information content (AvgIpc) is 3.08. The molecule has 0 spiro atoms. The number of carbonyl (C=O) groups excluding carboxylic acids is 1. The van der Waals surface area contributed by atoms with E-state index >= 15 is 0 Å². The predicted octanol–water partition coefficient (Wildman–Crippen LogP) is 2.85. The number of carbonyl (C=O) groups is 2. The fourth-order valence-electron chi connectivity index (χ4n) is 2.97. The molecule has 2 aromatic carbocycles. The molecule has 0 radical (unpaired) electrons. The van der Waals surface area contributed by atoms with Gasteiger partial charge in [-0.15, -0.1) is 0 Å². The molecule has 7 nitrogen and oxygen atoms in total. The highest BCUT2D eigenvalue weighted by molar-refractivity contribution is 5.86. The quantitative estimate of drug-likeness (QED) is 0.451. The zero-order chi connectivity index (χ0) is 19.9. The molecule has 0 saturated carbocycles. The highest BCUT2D eigenvalue weighted by Crippen LogP contribution is 2.19. The van der Waals surface area contributed by atoms with Crippen molar-refractivity contribution < 1.29 is 19.4 Å². The predicted molar refractivity (Wildman–Crippen MR) is 107 cm³/mol. The lowest BCUT2D eigenvalue weighted by atomic mass is 10.1. The van der Waals surface area contributed by atoms with Crippen LogP contribution in [0.4, 0.5) is 4.79 Å². The number of carboxylic acids is 1. The maximum atomic E-state index is 12.1. The molecule has 1 aromatic heterocycles. The topological polar surface area (TPSA) is 103 Å². The summed E-state index contributed by atoms with van der Waals surface area (Å²) < 4.78 is 5.56. The average molecular weight is 381 g/mol. The Morgan fingerprint density at radius 2 is 2.00 bits per heavy atom. The lowest BCUT2D eigenvalue weighted by Crippen LogP contribution is -2.47. The molecule has 4 N–H and O–H groups in total. The van der Waals surface area contributed by atoms with Crippen LogP contribution in [0.5, 0.6) is 5.75 Å². The van der Waals surface area contributed by atoms with Gasteiger partial charge in [0.15, 0.2) is 0 Å². The van der Waals surface area contributed by atoms with E-state index in [0.717, 1.165) is 27.8 Å². The molecule has 0 aliphatic heterocycles. The second-order valence-electron chi connectivity index (χ2n) is 6.52. The van der Waals surface area contributed by atoms with Gasteiger partial charge >= 0.3 is 12.0 Å². The summed E-state index contributed by atoms with van der Waals surface area (Å²) >= 11 is 0. The summed E-state index contributed by atoms with van der Waals surface area (Å²) in [4.78, 5) is 26.7. The molecule has 3 aromatic rings. The van der Waals surface area contributed by atoms with Crippen molar-refractivity contribution in [3.63, 3.8) is 0 Å². The Morgan fingerprint density at radius 1 is 1.18 bits per heavy atom. The third-order valence-electron chi connectivity index (χ3n) is 4.35. The van der Waals surface area contributed by atoms with Gasteiger partial charge < -0.3 is 25.5 Å². The minimum atomic E-state index is -1.09. The first-order valence-electron chi connectivity index (χ1n) is 9.04. The van der Waals surface area contributed by atoms with Crippen molar-refractivity contribution in [2.75, 3.05) is 13.2 Å². The second kappa shape index (κ2) is 8.94. The van der Waals surface area contributed by atoms with Crippen LogP contribution in [0.3, 0.4) is 0 Å².